The Hall–Kier alpha value is -0.630. The molecule has 0 amide bonds. The van der Waals surface area contributed by atoms with Crippen LogP contribution in [0.3, 0.4) is 0 Å². The second kappa shape index (κ2) is 6.51. The van der Waals surface area contributed by atoms with Crippen LogP contribution in [0.25, 0.3) is 0 Å². The van der Waals surface area contributed by atoms with E-state index in [1.165, 1.54) is 0 Å². The van der Waals surface area contributed by atoms with E-state index in [0.29, 0.717) is 12.8 Å². The number of rotatable bonds is 5. The Balaban J connectivity index is 2.66. The van der Waals surface area contributed by atoms with Gasteiger partial charge in [-0.1, -0.05) is 35.4 Å². The van der Waals surface area contributed by atoms with E-state index in [9.17, 15) is 9.59 Å². The molecule has 1 saturated carbocycles. The number of aliphatic carboxylic acids is 1. The second-order valence-electron chi connectivity index (χ2n) is 5.32. The summed E-state index contributed by atoms with van der Waals surface area (Å²) in [5.74, 6) is -2.28. The molecule has 4 atom stereocenters. The van der Waals surface area contributed by atoms with Crippen LogP contribution in [0.1, 0.15) is 52.4 Å². The summed E-state index contributed by atoms with van der Waals surface area (Å²) >= 11 is 0. The Bertz CT molecular complexity index is 314. The quantitative estimate of drug-likeness (QED) is 0.618. The van der Waals surface area contributed by atoms with Crippen LogP contribution in [0, 0.1) is 11.8 Å². The summed E-state index contributed by atoms with van der Waals surface area (Å²) in [5, 5.41) is 8.57. The van der Waals surface area contributed by atoms with E-state index < -0.39 is 23.1 Å². The first kappa shape index (κ1) is 15.4. The zero-order valence-corrected chi connectivity index (χ0v) is 12.3. The lowest BCUT2D eigenvalue weighted by atomic mass is 9.79. The first-order valence-electron chi connectivity index (χ1n) is 6.62. The van der Waals surface area contributed by atoms with Gasteiger partial charge in [-0.05, 0) is 26.2 Å². The highest BCUT2D eigenvalue weighted by molar-refractivity contribution is 7.18. The molecule has 1 aliphatic carbocycles. The molecular formula is C13H23O4P. The van der Waals surface area contributed by atoms with Gasteiger partial charge in [-0.3, -0.25) is 9.59 Å². The van der Waals surface area contributed by atoms with Crippen LogP contribution >= 0.6 is 9.24 Å². The highest BCUT2D eigenvalue weighted by atomic mass is 31.0. The normalized spacial score (nSPS) is 27.3. The van der Waals surface area contributed by atoms with Crippen LogP contribution in [0.5, 0.6) is 0 Å². The average Bonchev–Trinajstić information content (AvgIpc) is 2.28. The van der Waals surface area contributed by atoms with Gasteiger partial charge in [0.15, 0.2) is 0 Å². The van der Waals surface area contributed by atoms with E-state index in [2.05, 4.69) is 9.24 Å². The SMILES string of the molecule is CCCC(C)(P)OC(=O)C1CCCCC1C(=O)O. The molecule has 104 valence electrons. The monoisotopic (exact) mass is 274 g/mol. The standard InChI is InChI=1S/C13H23O4P/c1-3-8-13(2,18)17-12(16)10-7-5-4-6-9(10)11(14)15/h9-10H,3-8,18H2,1-2H3,(H,14,15). The van der Waals surface area contributed by atoms with Crippen LogP contribution in [0.2, 0.25) is 0 Å². The van der Waals surface area contributed by atoms with Gasteiger partial charge >= 0.3 is 11.9 Å². The van der Waals surface area contributed by atoms with Crippen molar-refractivity contribution in [1.29, 1.82) is 0 Å². The van der Waals surface area contributed by atoms with E-state index in [1.54, 1.807) is 0 Å². The minimum atomic E-state index is -0.877. The summed E-state index contributed by atoms with van der Waals surface area (Å²) < 4.78 is 5.46. The van der Waals surface area contributed by atoms with Crippen molar-refractivity contribution in [2.75, 3.05) is 0 Å². The summed E-state index contributed by atoms with van der Waals surface area (Å²) in [5.41, 5.74) is 0. The number of carboxylic acid groups (broad SMARTS) is 1. The third kappa shape index (κ3) is 4.24. The van der Waals surface area contributed by atoms with Crippen molar-refractivity contribution >= 4 is 21.2 Å². The van der Waals surface area contributed by atoms with Crippen LogP contribution < -0.4 is 0 Å². The Morgan fingerprint density at radius 1 is 1.33 bits per heavy atom. The molecular weight excluding hydrogens is 251 g/mol. The zero-order chi connectivity index (χ0) is 13.8. The molecule has 0 aromatic heterocycles. The van der Waals surface area contributed by atoms with Gasteiger partial charge in [-0.25, -0.2) is 0 Å². The molecule has 5 heteroatoms. The zero-order valence-electron chi connectivity index (χ0n) is 11.1. The second-order valence-corrected chi connectivity index (χ2v) is 6.54. The Morgan fingerprint density at radius 3 is 2.39 bits per heavy atom. The van der Waals surface area contributed by atoms with E-state index in [0.717, 1.165) is 25.7 Å². The Kier molecular flexibility index (Phi) is 5.58. The molecule has 1 fully saturated rings. The molecule has 18 heavy (non-hydrogen) atoms. The minimum Gasteiger partial charge on any atom is -0.481 e. The summed E-state index contributed by atoms with van der Waals surface area (Å²) in [4.78, 5) is 23.3. The number of esters is 1. The van der Waals surface area contributed by atoms with Crippen molar-refractivity contribution < 1.29 is 19.4 Å². The fraction of sp³-hybridized carbons (Fsp3) is 0.846. The van der Waals surface area contributed by atoms with Gasteiger partial charge in [0.1, 0.15) is 5.34 Å². The molecule has 0 bridgehead atoms. The number of carboxylic acids is 1. The first-order valence-corrected chi connectivity index (χ1v) is 7.19. The van der Waals surface area contributed by atoms with Gasteiger partial charge in [0.2, 0.25) is 0 Å². The lowest BCUT2D eigenvalue weighted by molar-refractivity contribution is -0.165. The maximum absolute atomic E-state index is 12.1. The molecule has 0 spiro atoms. The fourth-order valence-corrected chi connectivity index (χ4v) is 2.97. The van der Waals surface area contributed by atoms with Crippen molar-refractivity contribution in [3.63, 3.8) is 0 Å². The number of carbonyl (C=O) groups excluding carboxylic acids is 1. The lowest BCUT2D eigenvalue weighted by Crippen LogP contribution is -2.37. The van der Waals surface area contributed by atoms with Crippen LogP contribution in [-0.4, -0.2) is 22.4 Å². The van der Waals surface area contributed by atoms with Crippen molar-refractivity contribution in [3.05, 3.63) is 0 Å². The Morgan fingerprint density at radius 2 is 1.89 bits per heavy atom. The van der Waals surface area contributed by atoms with Crippen LogP contribution in [0.15, 0.2) is 0 Å². The van der Waals surface area contributed by atoms with Crippen molar-refractivity contribution in [3.8, 4) is 0 Å². The van der Waals surface area contributed by atoms with Gasteiger partial charge < -0.3 is 9.84 Å². The van der Waals surface area contributed by atoms with Gasteiger partial charge in [-0.2, -0.15) is 0 Å². The third-order valence-corrected chi connectivity index (χ3v) is 3.87. The Labute approximate surface area is 111 Å². The maximum atomic E-state index is 12.1. The number of carbonyl (C=O) groups is 2. The van der Waals surface area contributed by atoms with E-state index >= 15 is 0 Å². The molecule has 0 aliphatic heterocycles. The van der Waals surface area contributed by atoms with Crippen molar-refractivity contribution in [2.45, 2.75) is 57.7 Å². The number of hydrogen-bond acceptors (Lipinski definition) is 3. The number of hydrogen-bond donors (Lipinski definition) is 1. The van der Waals surface area contributed by atoms with E-state index in [-0.39, 0.29) is 5.97 Å². The van der Waals surface area contributed by atoms with E-state index in [4.69, 9.17) is 9.84 Å². The summed E-state index contributed by atoms with van der Waals surface area (Å²) in [6, 6.07) is 0. The molecule has 1 aliphatic rings. The van der Waals surface area contributed by atoms with Gasteiger partial charge in [0.05, 0.1) is 11.8 Å². The lowest BCUT2D eigenvalue weighted by Gasteiger charge is -2.31. The molecule has 1 N–H and O–H groups in total. The summed E-state index contributed by atoms with van der Waals surface area (Å²) in [6.07, 6.45) is 4.67. The van der Waals surface area contributed by atoms with Gasteiger partial charge in [0, 0.05) is 0 Å². The van der Waals surface area contributed by atoms with Crippen LogP contribution in [-0.2, 0) is 14.3 Å². The van der Waals surface area contributed by atoms with Crippen molar-refractivity contribution in [1.82, 2.24) is 0 Å². The van der Waals surface area contributed by atoms with Gasteiger partial charge in [-0.15, -0.1) is 0 Å². The molecule has 0 saturated heterocycles. The highest BCUT2D eigenvalue weighted by Gasteiger charge is 2.38. The molecule has 4 unspecified atom stereocenters. The van der Waals surface area contributed by atoms with Crippen molar-refractivity contribution in [2.24, 2.45) is 11.8 Å². The van der Waals surface area contributed by atoms with Gasteiger partial charge in [0.25, 0.3) is 0 Å². The van der Waals surface area contributed by atoms with E-state index in [1.807, 2.05) is 13.8 Å². The maximum Gasteiger partial charge on any atom is 0.310 e. The number of ether oxygens (including phenoxy) is 1. The smallest absolute Gasteiger partial charge is 0.310 e. The van der Waals surface area contributed by atoms with Crippen LogP contribution in [0.4, 0.5) is 0 Å². The average molecular weight is 274 g/mol. The molecule has 0 aromatic rings. The highest BCUT2D eigenvalue weighted by Crippen LogP contribution is 2.34. The summed E-state index contributed by atoms with van der Waals surface area (Å²) in [6.45, 7) is 3.87. The topological polar surface area (TPSA) is 63.6 Å². The molecule has 0 aromatic carbocycles. The predicted octanol–water partition coefficient (Wildman–Crippen LogP) is 2.81. The first-order chi connectivity index (χ1) is 8.37. The molecule has 0 radical (unpaired) electrons. The summed E-state index contributed by atoms with van der Waals surface area (Å²) in [7, 11) is 2.55. The molecule has 4 nitrogen and oxygen atoms in total. The fourth-order valence-electron chi connectivity index (χ4n) is 2.56. The third-order valence-electron chi connectivity index (χ3n) is 3.47. The largest absolute Gasteiger partial charge is 0.481 e. The minimum absolute atomic E-state index is 0.354. The molecule has 0 heterocycles. The predicted molar refractivity (Wildman–Crippen MR) is 72.2 cm³/mol. The molecule has 1 rings (SSSR count).